The van der Waals surface area contributed by atoms with E-state index < -0.39 is 0 Å². The molecule has 7 heteroatoms. The van der Waals surface area contributed by atoms with Crippen LogP contribution in [-0.4, -0.2) is 25.0 Å². The zero-order valence-electron chi connectivity index (χ0n) is 15.9. The second kappa shape index (κ2) is 7.19. The Kier molecular flexibility index (Phi) is 4.94. The molecule has 2 aromatic heterocycles. The number of nitrogens with zero attached hydrogens (tertiary/aromatic N) is 4. The van der Waals surface area contributed by atoms with Gasteiger partial charge in [0.05, 0.1) is 11.4 Å². The van der Waals surface area contributed by atoms with Gasteiger partial charge in [0.25, 0.3) is 0 Å². The van der Waals surface area contributed by atoms with Crippen molar-refractivity contribution >= 4 is 11.9 Å². The van der Waals surface area contributed by atoms with Crippen LogP contribution in [0.1, 0.15) is 50.7 Å². The van der Waals surface area contributed by atoms with Crippen LogP contribution in [0.5, 0.6) is 5.75 Å². The number of phenolic OH excluding ortho intramolecular Hbond substituents is 1. The topological polar surface area (TPSA) is 124 Å². The Labute approximate surface area is 158 Å². The fourth-order valence-electron chi connectivity index (χ4n) is 2.87. The van der Waals surface area contributed by atoms with Gasteiger partial charge in [-0.25, -0.2) is 19.9 Å². The Morgan fingerprint density at radius 2 is 1.44 bits per heavy atom. The molecular formula is C20H24N6O. The average Bonchev–Trinajstić information content (AvgIpc) is 2.61. The smallest absolute Gasteiger partial charge is 0.221 e. The second-order valence-corrected chi connectivity index (χ2v) is 7.14. The third-order valence-corrected chi connectivity index (χ3v) is 4.44. The van der Waals surface area contributed by atoms with Crippen molar-refractivity contribution in [3.63, 3.8) is 0 Å². The van der Waals surface area contributed by atoms with Gasteiger partial charge < -0.3 is 16.6 Å². The lowest BCUT2D eigenvalue weighted by molar-refractivity contribution is 0.466. The predicted octanol–water partition coefficient (Wildman–Crippen LogP) is 3.72. The number of nitrogens with two attached hydrogens (primary N) is 2. The summed E-state index contributed by atoms with van der Waals surface area (Å²) in [7, 11) is 0. The molecule has 0 aliphatic carbocycles. The van der Waals surface area contributed by atoms with Gasteiger partial charge in [0.1, 0.15) is 5.75 Å². The number of phenols is 1. The van der Waals surface area contributed by atoms with Crippen molar-refractivity contribution in [2.75, 3.05) is 11.5 Å². The first kappa shape index (κ1) is 18.6. The van der Waals surface area contributed by atoms with Crippen molar-refractivity contribution in [3.8, 4) is 28.3 Å². The highest BCUT2D eigenvalue weighted by molar-refractivity contribution is 5.74. The van der Waals surface area contributed by atoms with Crippen molar-refractivity contribution in [2.45, 2.75) is 39.5 Å². The summed E-state index contributed by atoms with van der Waals surface area (Å²) >= 11 is 0. The molecule has 140 valence electrons. The molecule has 7 nitrogen and oxygen atoms in total. The lowest BCUT2D eigenvalue weighted by Gasteiger charge is -2.17. The lowest BCUT2D eigenvalue weighted by atomic mass is 9.91. The van der Waals surface area contributed by atoms with Gasteiger partial charge in [-0.2, -0.15) is 0 Å². The van der Waals surface area contributed by atoms with E-state index >= 15 is 0 Å². The van der Waals surface area contributed by atoms with Gasteiger partial charge in [-0.05, 0) is 35.1 Å². The summed E-state index contributed by atoms with van der Waals surface area (Å²) in [5.74, 6) is 0.995. The lowest BCUT2D eigenvalue weighted by Crippen LogP contribution is -2.02. The first-order chi connectivity index (χ1) is 12.8. The quantitative estimate of drug-likeness (QED) is 0.644. The molecule has 0 atom stereocenters. The van der Waals surface area contributed by atoms with Crippen LogP contribution < -0.4 is 11.5 Å². The van der Waals surface area contributed by atoms with Crippen LogP contribution >= 0.6 is 0 Å². The van der Waals surface area contributed by atoms with Crippen LogP contribution in [0.25, 0.3) is 22.5 Å². The van der Waals surface area contributed by atoms with Crippen molar-refractivity contribution < 1.29 is 5.11 Å². The zero-order valence-corrected chi connectivity index (χ0v) is 15.9. The number of benzene rings is 1. The molecule has 0 aliphatic heterocycles. The van der Waals surface area contributed by atoms with E-state index in [2.05, 4.69) is 47.6 Å². The van der Waals surface area contributed by atoms with Crippen molar-refractivity contribution in [1.82, 2.24) is 19.9 Å². The van der Waals surface area contributed by atoms with Gasteiger partial charge in [0.15, 0.2) is 0 Å². The number of rotatable bonds is 4. The molecule has 0 aliphatic rings. The third-order valence-electron chi connectivity index (χ3n) is 4.44. The van der Waals surface area contributed by atoms with Crippen molar-refractivity contribution in [1.29, 1.82) is 0 Å². The number of hydrogen-bond acceptors (Lipinski definition) is 7. The largest absolute Gasteiger partial charge is 0.507 e. The molecule has 0 saturated carbocycles. The molecule has 0 amide bonds. The summed E-state index contributed by atoms with van der Waals surface area (Å²) in [6.45, 7) is 8.33. The fourth-order valence-corrected chi connectivity index (χ4v) is 2.87. The van der Waals surface area contributed by atoms with Crippen LogP contribution in [0, 0.1) is 0 Å². The molecule has 0 saturated heterocycles. The summed E-state index contributed by atoms with van der Waals surface area (Å²) in [5.41, 5.74) is 15.9. The monoisotopic (exact) mass is 364 g/mol. The maximum Gasteiger partial charge on any atom is 0.221 e. The van der Waals surface area contributed by atoms with Crippen LogP contribution in [0.15, 0.2) is 30.6 Å². The number of aromatic hydroxyl groups is 1. The normalized spacial score (nSPS) is 11.3. The van der Waals surface area contributed by atoms with E-state index in [0.29, 0.717) is 28.4 Å². The molecule has 0 fully saturated rings. The summed E-state index contributed by atoms with van der Waals surface area (Å²) in [6, 6.07) is 5.78. The van der Waals surface area contributed by atoms with E-state index in [0.717, 1.165) is 11.1 Å². The standard InChI is InChI=1S/C20H24N6O/c1-10(2)12-5-14(11(3)4)18(27)15(6-12)17-7-16(25-20(22)26-17)13-8-23-19(21)24-9-13/h5-11,27H,1-4H3,(H2,21,23,24)(H2,22,25,26). The Morgan fingerprint density at radius 3 is 2.04 bits per heavy atom. The molecule has 3 rings (SSSR count). The van der Waals surface area contributed by atoms with Gasteiger partial charge in [-0.15, -0.1) is 0 Å². The van der Waals surface area contributed by atoms with E-state index in [9.17, 15) is 5.11 Å². The Morgan fingerprint density at radius 1 is 0.815 bits per heavy atom. The Bertz CT molecular complexity index is 967. The van der Waals surface area contributed by atoms with Gasteiger partial charge in [0.2, 0.25) is 11.9 Å². The van der Waals surface area contributed by atoms with Crippen LogP contribution in [0.4, 0.5) is 11.9 Å². The van der Waals surface area contributed by atoms with Gasteiger partial charge in [-0.1, -0.05) is 33.8 Å². The first-order valence-electron chi connectivity index (χ1n) is 8.86. The minimum atomic E-state index is 0.111. The molecule has 3 aromatic rings. The summed E-state index contributed by atoms with van der Waals surface area (Å²) in [5, 5.41) is 10.9. The molecule has 0 spiro atoms. The molecule has 1 aromatic carbocycles. The minimum Gasteiger partial charge on any atom is -0.507 e. The van der Waals surface area contributed by atoms with Crippen LogP contribution in [0.2, 0.25) is 0 Å². The maximum absolute atomic E-state index is 10.9. The van der Waals surface area contributed by atoms with E-state index in [4.69, 9.17) is 11.5 Å². The van der Waals surface area contributed by atoms with Crippen molar-refractivity contribution in [2.24, 2.45) is 0 Å². The predicted molar refractivity (Wildman–Crippen MR) is 107 cm³/mol. The average molecular weight is 364 g/mol. The number of anilines is 2. The highest BCUT2D eigenvalue weighted by atomic mass is 16.3. The summed E-state index contributed by atoms with van der Waals surface area (Å²) < 4.78 is 0. The van der Waals surface area contributed by atoms with E-state index in [-0.39, 0.29) is 23.6 Å². The molecule has 2 heterocycles. The molecule has 27 heavy (non-hydrogen) atoms. The van der Waals surface area contributed by atoms with Crippen LogP contribution in [-0.2, 0) is 0 Å². The zero-order chi connectivity index (χ0) is 19.7. The molecular weight excluding hydrogens is 340 g/mol. The maximum atomic E-state index is 10.9. The van der Waals surface area contributed by atoms with Gasteiger partial charge in [0, 0.05) is 23.5 Å². The molecule has 0 bridgehead atoms. The summed E-state index contributed by atoms with van der Waals surface area (Å²) in [4.78, 5) is 16.6. The van der Waals surface area contributed by atoms with Crippen molar-refractivity contribution in [3.05, 3.63) is 41.7 Å². The highest BCUT2D eigenvalue weighted by Crippen LogP contribution is 2.39. The second-order valence-electron chi connectivity index (χ2n) is 7.14. The SMILES string of the molecule is CC(C)c1cc(-c2cc(-c3cnc(N)nc3)nc(N)n2)c(O)c(C(C)C)c1. The number of nitrogen functional groups attached to an aromatic ring is 2. The molecule has 5 N–H and O–H groups in total. The van der Waals surface area contributed by atoms with Gasteiger partial charge in [-0.3, -0.25) is 0 Å². The summed E-state index contributed by atoms with van der Waals surface area (Å²) in [6.07, 6.45) is 3.16. The number of hydrogen-bond donors (Lipinski definition) is 3. The first-order valence-corrected chi connectivity index (χ1v) is 8.86. The highest BCUT2D eigenvalue weighted by Gasteiger charge is 2.18. The fraction of sp³-hybridized carbons (Fsp3) is 0.300. The third kappa shape index (κ3) is 3.81. The molecule has 0 unspecified atom stereocenters. The van der Waals surface area contributed by atoms with Crippen LogP contribution in [0.3, 0.4) is 0 Å². The van der Waals surface area contributed by atoms with E-state index in [1.54, 1.807) is 18.5 Å². The van der Waals surface area contributed by atoms with E-state index in [1.807, 2.05) is 12.1 Å². The van der Waals surface area contributed by atoms with Gasteiger partial charge >= 0.3 is 0 Å². The van der Waals surface area contributed by atoms with E-state index in [1.165, 1.54) is 0 Å². The Hall–Kier alpha value is -3.22. The minimum absolute atomic E-state index is 0.111. The Balaban J connectivity index is 2.20. The number of aromatic nitrogens is 4. The molecule has 0 radical (unpaired) electrons.